The first-order valence-corrected chi connectivity index (χ1v) is 10.6. The van der Waals surface area contributed by atoms with E-state index in [9.17, 15) is 25.0 Å². The molecule has 0 radical (unpaired) electrons. The molecule has 0 saturated carbocycles. The first-order valence-electron chi connectivity index (χ1n) is 10.6. The molecule has 0 atom stereocenters. The molecular formula is C26H18N2O8. The Balaban J connectivity index is 1.32. The molecule has 4 rings (SSSR count). The van der Waals surface area contributed by atoms with Crippen LogP contribution in [0.25, 0.3) is 0 Å². The number of hydrogen-bond donors (Lipinski definition) is 0. The van der Waals surface area contributed by atoms with Gasteiger partial charge in [-0.1, -0.05) is 12.1 Å². The van der Waals surface area contributed by atoms with Crippen molar-refractivity contribution >= 4 is 17.3 Å². The highest BCUT2D eigenvalue weighted by Crippen LogP contribution is 2.26. The predicted octanol–water partition coefficient (Wildman–Crippen LogP) is 6.44. The third-order valence-electron chi connectivity index (χ3n) is 4.92. The van der Waals surface area contributed by atoms with Crippen molar-refractivity contribution in [3.05, 3.63) is 128 Å². The van der Waals surface area contributed by atoms with E-state index in [4.69, 9.17) is 14.2 Å². The molecule has 0 bridgehead atoms. The van der Waals surface area contributed by atoms with Gasteiger partial charge < -0.3 is 14.2 Å². The summed E-state index contributed by atoms with van der Waals surface area (Å²) in [5.74, 6) is 1.28. The largest absolute Gasteiger partial charge is 0.457 e. The van der Waals surface area contributed by atoms with Crippen molar-refractivity contribution in [2.45, 2.75) is 6.61 Å². The SMILES string of the molecule is O=C(OCc1cccc(Oc2ccc([N+](=O)[O-])cc2)c1)c1ccc(Oc2ccc([N+](=O)[O-])cc2)cc1. The number of carbonyl (C=O) groups is 1. The summed E-state index contributed by atoms with van der Waals surface area (Å²) in [6.07, 6.45) is 0. The third-order valence-corrected chi connectivity index (χ3v) is 4.92. The highest BCUT2D eigenvalue weighted by atomic mass is 16.6. The number of nitrogens with zero attached hydrogens (tertiary/aromatic N) is 2. The van der Waals surface area contributed by atoms with Gasteiger partial charge in [-0.05, 0) is 66.2 Å². The van der Waals surface area contributed by atoms with Gasteiger partial charge in [0, 0.05) is 24.3 Å². The fourth-order valence-corrected chi connectivity index (χ4v) is 3.13. The van der Waals surface area contributed by atoms with Gasteiger partial charge in [0.25, 0.3) is 11.4 Å². The van der Waals surface area contributed by atoms with Crippen LogP contribution in [-0.2, 0) is 11.3 Å². The van der Waals surface area contributed by atoms with Gasteiger partial charge in [-0.15, -0.1) is 0 Å². The predicted molar refractivity (Wildman–Crippen MR) is 128 cm³/mol. The van der Waals surface area contributed by atoms with Gasteiger partial charge in [-0.25, -0.2) is 4.79 Å². The molecular weight excluding hydrogens is 468 g/mol. The molecule has 4 aromatic carbocycles. The molecule has 10 heteroatoms. The maximum absolute atomic E-state index is 12.4. The molecule has 0 saturated heterocycles. The first-order chi connectivity index (χ1) is 17.4. The van der Waals surface area contributed by atoms with E-state index >= 15 is 0 Å². The van der Waals surface area contributed by atoms with Gasteiger partial charge in [0.05, 0.1) is 15.4 Å². The van der Waals surface area contributed by atoms with Crippen LogP contribution in [0, 0.1) is 20.2 Å². The van der Waals surface area contributed by atoms with Crippen molar-refractivity contribution in [3.63, 3.8) is 0 Å². The van der Waals surface area contributed by atoms with E-state index < -0.39 is 15.8 Å². The van der Waals surface area contributed by atoms with Gasteiger partial charge in [-0.3, -0.25) is 20.2 Å². The van der Waals surface area contributed by atoms with E-state index in [-0.39, 0.29) is 18.0 Å². The van der Waals surface area contributed by atoms with Crippen LogP contribution in [0.5, 0.6) is 23.0 Å². The molecule has 0 N–H and O–H groups in total. The minimum Gasteiger partial charge on any atom is -0.457 e. The van der Waals surface area contributed by atoms with Crippen LogP contribution in [0.2, 0.25) is 0 Å². The van der Waals surface area contributed by atoms with Gasteiger partial charge in [0.2, 0.25) is 0 Å². The number of carbonyl (C=O) groups excluding carboxylic acids is 1. The number of rotatable bonds is 9. The molecule has 180 valence electrons. The standard InChI is InChI=1S/C26H18N2O8/c29-26(19-4-10-22(11-5-19)35-23-12-6-20(7-13-23)27(30)31)34-17-18-2-1-3-25(16-18)36-24-14-8-21(9-15-24)28(32)33/h1-16H,17H2. The third kappa shape index (κ3) is 6.20. The molecule has 0 spiro atoms. The van der Waals surface area contributed by atoms with Gasteiger partial charge >= 0.3 is 5.97 Å². The fourth-order valence-electron chi connectivity index (χ4n) is 3.13. The molecule has 0 amide bonds. The number of non-ortho nitro benzene ring substituents is 2. The summed E-state index contributed by atoms with van der Waals surface area (Å²) in [5, 5.41) is 21.5. The Kier molecular flexibility index (Phi) is 7.16. The second-order valence-electron chi connectivity index (χ2n) is 7.45. The molecule has 0 unspecified atom stereocenters. The van der Waals surface area contributed by atoms with Crippen LogP contribution in [-0.4, -0.2) is 15.8 Å². The lowest BCUT2D eigenvalue weighted by Crippen LogP contribution is -2.05. The van der Waals surface area contributed by atoms with Crippen LogP contribution >= 0.6 is 0 Å². The summed E-state index contributed by atoms with van der Waals surface area (Å²) >= 11 is 0. The highest BCUT2D eigenvalue weighted by Gasteiger charge is 2.10. The van der Waals surface area contributed by atoms with Gasteiger partial charge in [0.15, 0.2) is 0 Å². The molecule has 0 fully saturated rings. The molecule has 0 heterocycles. The molecule has 0 aliphatic rings. The van der Waals surface area contributed by atoms with E-state index in [1.165, 1.54) is 48.5 Å². The number of esters is 1. The lowest BCUT2D eigenvalue weighted by molar-refractivity contribution is -0.385. The Hall–Kier alpha value is -5.25. The summed E-state index contributed by atoms with van der Waals surface area (Å²) < 4.78 is 16.7. The Bertz CT molecular complexity index is 1390. The van der Waals surface area contributed by atoms with E-state index in [1.807, 2.05) is 0 Å². The molecule has 4 aromatic rings. The summed E-state index contributed by atoms with van der Waals surface area (Å²) in [6.45, 7) is 0.0113. The molecule has 10 nitrogen and oxygen atoms in total. The zero-order chi connectivity index (χ0) is 25.5. The van der Waals surface area contributed by atoms with Crippen LogP contribution < -0.4 is 9.47 Å². The van der Waals surface area contributed by atoms with Gasteiger partial charge in [0.1, 0.15) is 29.6 Å². The Labute approximate surface area is 204 Å². The van der Waals surface area contributed by atoms with E-state index in [1.54, 1.807) is 48.5 Å². The smallest absolute Gasteiger partial charge is 0.338 e. The fraction of sp³-hybridized carbons (Fsp3) is 0.0385. The van der Waals surface area contributed by atoms with Crippen LogP contribution in [0.3, 0.4) is 0 Å². The van der Waals surface area contributed by atoms with Gasteiger partial charge in [-0.2, -0.15) is 0 Å². The Morgan fingerprint density at radius 3 is 1.61 bits per heavy atom. The number of nitro groups is 2. The van der Waals surface area contributed by atoms with Crippen LogP contribution in [0.1, 0.15) is 15.9 Å². The van der Waals surface area contributed by atoms with Crippen molar-refractivity contribution in [1.82, 2.24) is 0 Å². The van der Waals surface area contributed by atoms with Crippen molar-refractivity contribution in [2.75, 3.05) is 0 Å². The monoisotopic (exact) mass is 486 g/mol. The summed E-state index contributed by atoms with van der Waals surface area (Å²) in [6, 6.07) is 24.6. The lowest BCUT2D eigenvalue weighted by Gasteiger charge is -2.09. The molecule has 0 aliphatic carbocycles. The number of nitro benzene ring substituents is 2. The van der Waals surface area contributed by atoms with E-state index in [2.05, 4.69) is 0 Å². The second-order valence-corrected chi connectivity index (χ2v) is 7.45. The minimum atomic E-state index is -0.529. The quantitative estimate of drug-likeness (QED) is 0.150. The summed E-state index contributed by atoms with van der Waals surface area (Å²) in [5.41, 5.74) is 0.947. The van der Waals surface area contributed by atoms with E-state index in [0.717, 1.165) is 0 Å². The topological polar surface area (TPSA) is 131 Å². The van der Waals surface area contributed by atoms with Crippen LogP contribution in [0.15, 0.2) is 97.1 Å². The number of hydrogen-bond acceptors (Lipinski definition) is 8. The first kappa shape index (κ1) is 23.9. The zero-order valence-electron chi connectivity index (χ0n) is 18.6. The van der Waals surface area contributed by atoms with E-state index in [0.29, 0.717) is 34.1 Å². The number of benzene rings is 4. The lowest BCUT2D eigenvalue weighted by atomic mass is 10.2. The summed E-state index contributed by atoms with van der Waals surface area (Å²) in [4.78, 5) is 33.0. The van der Waals surface area contributed by atoms with Crippen LogP contribution in [0.4, 0.5) is 11.4 Å². The van der Waals surface area contributed by atoms with Crippen molar-refractivity contribution < 1.29 is 28.9 Å². The molecule has 0 aliphatic heterocycles. The average Bonchev–Trinajstić information content (AvgIpc) is 2.88. The molecule has 36 heavy (non-hydrogen) atoms. The zero-order valence-corrected chi connectivity index (χ0v) is 18.6. The molecule has 0 aromatic heterocycles. The second kappa shape index (κ2) is 10.8. The average molecular weight is 486 g/mol. The van der Waals surface area contributed by atoms with Crippen molar-refractivity contribution in [3.8, 4) is 23.0 Å². The Morgan fingerprint density at radius 1 is 0.639 bits per heavy atom. The number of ether oxygens (including phenoxy) is 3. The maximum Gasteiger partial charge on any atom is 0.338 e. The maximum atomic E-state index is 12.4. The Morgan fingerprint density at radius 2 is 1.11 bits per heavy atom. The summed E-state index contributed by atoms with van der Waals surface area (Å²) in [7, 11) is 0. The minimum absolute atomic E-state index is 0.0113. The van der Waals surface area contributed by atoms with Crippen molar-refractivity contribution in [1.29, 1.82) is 0 Å². The van der Waals surface area contributed by atoms with Crippen molar-refractivity contribution in [2.24, 2.45) is 0 Å². The normalized spacial score (nSPS) is 10.3. The highest BCUT2D eigenvalue weighted by molar-refractivity contribution is 5.89.